The second-order valence-electron chi connectivity index (χ2n) is 10.5. The maximum absolute atomic E-state index is 13.9. The minimum atomic E-state index is -4.74. The van der Waals surface area contributed by atoms with Crippen LogP contribution in [-0.4, -0.2) is 47.4 Å². The lowest BCUT2D eigenvalue weighted by atomic mass is 9.87. The van der Waals surface area contributed by atoms with E-state index >= 15 is 0 Å². The van der Waals surface area contributed by atoms with E-state index in [9.17, 15) is 27.6 Å². The van der Waals surface area contributed by atoms with Gasteiger partial charge in [0.25, 0.3) is 0 Å². The van der Waals surface area contributed by atoms with Crippen molar-refractivity contribution in [1.29, 1.82) is 0 Å². The lowest BCUT2D eigenvalue weighted by Gasteiger charge is -2.23. The number of carbonyl (C=O) groups is 3. The number of nitrogens with zero attached hydrogens (tertiary/aromatic N) is 1. The zero-order valence-electron chi connectivity index (χ0n) is 23.3. The first-order chi connectivity index (χ1) is 19.7. The largest absolute Gasteiger partial charge is 0.493 e. The lowest BCUT2D eigenvalue weighted by molar-refractivity contribution is -0.138. The first-order valence-corrected chi connectivity index (χ1v) is 12.8. The Morgan fingerprint density at radius 3 is 2.55 bits per heavy atom. The molecule has 0 saturated carbocycles. The van der Waals surface area contributed by atoms with Gasteiger partial charge in [-0.05, 0) is 50.6 Å². The van der Waals surface area contributed by atoms with Crippen LogP contribution in [0.5, 0.6) is 11.5 Å². The van der Waals surface area contributed by atoms with Gasteiger partial charge < -0.3 is 30.2 Å². The molecule has 1 atom stereocenters. The third-order valence-electron chi connectivity index (χ3n) is 6.16. The van der Waals surface area contributed by atoms with Gasteiger partial charge in [0.05, 0.1) is 18.9 Å². The standard InChI is InChI=1S/C28H30F3N5O6/c1-27(2,3)42-26(39)32-13-24(38)34-17-7-5-16(20(10-17)28(29,30)31)14-41-21-8-6-15(9-22(21)40-4)18-11-23(37)35-25-19(18)12-33-36-25/h5-10,12,18H,11,13-14H2,1-4H3,(H,32,39)(H,34,38)(H2,33,35,36,37). The Bertz CT molecular complexity index is 1480. The number of carbonyl (C=O) groups excluding carboxylic acids is 3. The average molecular weight is 590 g/mol. The third kappa shape index (κ3) is 7.50. The molecule has 14 heteroatoms. The SMILES string of the molecule is COc1cc(C2CC(=O)Nc3[nH]ncc32)ccc1OCc1ccc(NC(=O)CNC(=O)OC(C)(C)C)cc1C(F)(F)F. The Labute approximate surface area is 239 Å². The fourth-order valence-corrected chi connectivity index (χ4v) is 4.33. The van der Waals surface area contributed by atoms with E-state index in [4.69, 9.17) is 14.2 Å². The number of nitrogens with one attached hydrogen (secondary N) is 4. The summed E-state index contributed by atoms with van der Waals surface area (Å²) in [5.41, 5.74) is -0.521. The molecule has 1 aliphatic rings. The molecular formula is C28H30F3N5O6. The van der Waals surface area contributed by atoms with Gasteiger partial charge in [0.1, 0.15) is 24.6 Å². The number of ether oxygens (including phenoxy) is 3. The van der Waals surface area contributed by atoms with Crippen LogP contribution in [0, 0.1) is 0 Å². The molecule has 2 aromatic carbocycles. The number of H-pyrrole nitrogens is 1. The summed E-state index contributed by atoms with van der Waals surface area (Å²) in [5.74, 6) is -0.231. The van der Waals surface area contributed by atoms with Crippen LogP contribution in [0.15, 0.2) is 42.6 Å². The van der Waals surface area contributed by atoms with E-state index < -0.39 is 42.5 Å². The maximum atomic E-state index is 13.9. The van der Waals surface area contributed by atoms with Gasteiger partial charge in [0.2, 0.25) is 11.8 Å². The summed E-state index contributed by atoms with van der Waals surface area (Å²) in [6.45, 7) is 4.00. The number of rotatable bonds is 8. The molecule has 42 heavy (non-hydrogen) atoms. The molecule has 3 aromatic rings. The van der Waals surface area contributed by atoms with Crippen LogP contribution in [0.2, 0.25) is 0 Å². The predicted octanol–water partition coefficient (Wildman–Crippen LogP) is 4.95. The number of aromatic nitrogens is 2. The fourth-order valence-electron chi connectivity index (χ4n) is 4.33. The summed E-state index contributed by atoms with van der Waals surface area (Å²) in [4.78, 5) is 36.1. The van der Waals surface area contributed by atoms with Gasteiger partial charge in [-0.25, -0.2) is 4.79 Å². The molecule has 224 valence electrons. The summed E-state index contributed by atoms with van der Waals surface area (Å²) in [6.07, 6.45) is -3.77. The predicted molar refractivity (Wildman–Crippen MR) is 145 cm³/mol. The van der Waals surface area contributed by atoms with Crippen molar-refractivity contribution >= 4 is 29.4 Å². The summed E-state index contributed by atoms with van der Waals surface area (Å²) in [5, 5.41) is 14.0. The van der Waals surface area contributed by atoms with Crippen molar-refractivity contribution in [3.8, 4) is 11.5 Å². The molecule has 4 rings (SSSR count). The van der Waals surface area contributed by atoms with E-state index in [1.54, 1.807) is 45.2 Å². The summed E-state index contributed by atoms with van der Waals surface area (Å²) in [7, 11) is 1.40. The van der Waals surface area contributed by atoms with Gasteiger partial charge in [-0.1, -0.05) is 12.1 Å². The summed E-state index contributed by atoms with van der Waals surface area (Å²) < 4.78 is 58.0. The number of alkyl carbamates (subject to hydrolysis) is 1. The monoisotopic (exact) mass is 589 g/mol. The number of hydrogen-bond acceptors (Lipinski definition) is 7. The van der Waals surface area contributed by atoms with Crippen molar-refractivity contribution in [2.24, 2.45) is 0 Å². The average Bonchev–Trinajstić information content (AvgIpc) is 3.37. The van der Waals surface area contributed by atoms with Gasteiger partial charge in [-0.15, -0.1) is 0 Å². The van der Waals surface area contributed by atoms with Crippen molar-refractivity contribution in [3.05, 3.63) is 64.8 Å². The number of amides is 3. The molecule has 0 bridgehead atoms. The number of halogens is 3. The van der Waals surface area contributed by atoms with E-state index in [0.29, 0.717) is 5.82 Å². The number of fused-ring (bicyclic) bond motifs is 1. The highest BCUT2D eigenvalue weighted by atomic mass is 19.4. The van der Waals surface area contributed by atoms with Gasteiger partial charge in [0, 0.05) is 29.2 Å². The number of anilines is 2. The number of aromatic amines is 1. The van der Waals surface area contributed by atoms with Crippen molar-refractivity contribution in [3.63, 3.8) is 0 Å². The molecular weight excluding hydrogens is 559 g/mol. The molecule has 1 aromatic heterocycles. The second-order valence-corrected chi connectivity index (χ2v) is 10.5. The number of alkyl halides is 3. The van der Waals surface area contributed by atoms with E-state index in [0.717, 1.165) is 17.2 Å². The zero-order chi connectivity index (χ0) is 30.7. The first-order valence-electron chi connectivity index (χ1n) is 12.8. The minimum Gasteiger partial charge on any atom is -0.493 e. The third-order valence-corrected chi connectivity index (χ3v) is 6.16. The van der Waals surface area contributed by atoms with Crippen LogP contribution in [-0.2, 0) is 27.1 Å². The minimum absolute atomic E-state index is 0.112. The Morgan fingerprint density at radius 1 is 1.10 bits per heavy atom. The highest BCUT2D eigenvalue weighted by Gasteiger charge is 2.34. The van der Waals surface area contributed by atoms with E-state index in [1.165, 1.54) is 19.2 Å². The van der Waals surface area contributed by atoms with Crippen LogP contribution in [0.1, 0.15) is 55.4 Å². The molecule has 1 unspecified atom stereocenters. The smallest absolute Gasteiger partial charge is 0.416 e. The Kier molecular flexibility index (Phi) is 8.64. The first kappa shape index (κ1) is 30.2. The second kappa shape index (κ2) is 12.0. The molecule has 0 saturated heterocycles. The van der Waals surface area contributed by atoms with Gasteiger partial charge in [-0.3, -0.25) is 14.7 Å². The van der Waals surface area contributed by atoms with Crippen molar-refractivity contribution in [2.45, 2.75) is 51.5 Å². The van der Waals surface area contributed by atoms with Crippen LogP contribution in [0.25, 0.3) is 0 Å². The van der Waals surface area contributed by atoms with Crippen molar-refractivity contribution in [2.75, 3.05) is 24.3 Å². The van der Waals surface area contributed by atoms with Gasteiger partial charge in [-0.2, -0.15) is 18.3 Å². The molecule has 0 fully saturated rings. The van der Waals surface area contributed by atoms with Crippen molar-refractivity contribution in [1.82, 2.24) is 15.5 Å². The van der Waals surface area contributed by atoms with E-state index in [-0.39, 0.29) is 41.0 Å². The summed E-state index contributed by atoms with van der Waals surface area (Å²) >= 11 is 0. The maximum Gasteiger partial charge on any atom is 0.416 e. The molecule has 2 heterocycles. The van der Waals surface area contributed by atoms with Crippen LogP contribution < -0.4 is 25.4 Å². The molecule has 0 aliphatic carbocycles. The summed E-state index contributed by atoms with van der Waals surface area (Å²) in [6, 6.07) is 8.25. The molecule has 0 spiro atoms. The van der Waals surface area contributed by atoms with Crippen LogP contribution in [0.3, 0.4) is 0 Å². The Balaban J connectivity index is 1.46. The Hall–Kier alpha value is -4.75. The zero-order valence-corrected chi connectivity index (χ0v) is 23.3. The number of methoxy groups -OCH3 is 1. The van der Waals surface area contributed by atoms with Crippen molar-refractivity contribution < 1.29 is 41.8 Å². The quantitative estimate of drug-likeness (QED) is 0.291. The molecule has 11 nitrogen and oxygen atoms in total. The normalized spacial score (nSPS) is 14.8. The molecule has 1 aliphatic heterocycles. The number of hydrogen-bond donors (Lipinski definition) is 4. The van der Waals surface area contributed by atoms with E-state index in [2.05, 4.69) is 26.1 Å². The topological polar surface area (TPSA) is 144 Å². The highest BCUT2D eigenvalue weighted by Crippen LogP contribution is 2.40. The van der Waals surface area contributed by atoms with Gasteiger partial charge >= 0.3 is 12.3 Å². The highest BCUT2D eigenvalue weighted by molar-refractivity contribution is 5.94. The van der Waals surface area contributed by atoms with Crippen LogP contribution >= 0.6 is 0 Å². The number of benzene rings is 2. The fraction of sp³-hybridized carbons (Fsp3) is 0.357. The Morgan fingerprint density at radius 2 is 1.86 bits per heavy atom. The molecule has 4 N–H and O–H groups in total. The van der Waals surface area contributed by atoms with Gasteiger partial charge in [0.15, 0.2) is 11.5 Å². The molecule has 0 radical (unpaired) electrons. The molecule has 3 amide bonds. The lowest BCUT2D eigenvalue weighted by Crippen LogP contribution is -2.37. The van der Waals surface area contributed by atoms with E-state index in [1.807, 2.05) is 0 Å². The van der Waals surface area contributed by atoms with Crippen LogP contribution in [0.4, 0.5) is 29.5 Å².